The van der Waals surface area contributed by atoms with E-state index in [-0.39, 0.29) is 69.6 Å². The Bertz CT molecular complexity index is 1950. The van der Waals surface area contributed by atoms with Crippen molar-refractivity contribution in [1.82, 2.24) is 10.6 Å². The maximum atomic E-state index is 14.4. The lowest BCUT2D eigenvalue weighted by molar-refractivity contribution is -0.235. The summed E-state index contributed by atoms with van der Waals surface area (Å²) in [5.41, 5.74) is -0.601. The molecule has 5 saturated carbocycles. The van der Waals surface area contributed by atoms with Crippen LogP contribution in [-0.4, -0.2) is 51.8 Å². The molecule has 10 atom stereocenters. The largest absolute Gasteiger partial charge is 0.481 e. The Balaban J connectivity index is 1.13. The number of carboxylic acids is 1. The first-order valence-electron chi connectivity index (χ1n) is 21.9. The van der Waals surface area contributed by atoms with Crippen LogP contribution in [0.5, 0.6) is 0 Å². The molecule has 9 nitrogen and oxygen atoms in total. The third kappa shape index (κ3) is 6.23. The number of Topliss-reactive ketones (excluding diaryl/α,β-unsaturated/α-hetero) is 1. The molecule has 1 unspecified atom stereocenters. The minimum Gasteiger partial charge on any atom is -0.481 e. The number of benzene rings is 1. The van der Waals surface area contributed by atoms with Crippen molar-refractivity contribution in [3.63, 3.8) is 0 Å². The molecule has 0 bridgehead atoms. The molecule has 2 amide bonds. The minimum absolute atomic E-state index is 0.0133. The van der Waals surface area contributed by atoms with E-state index in [0.717, 1.165) is 56.1 Å². The van der Waals surface area contributed by atoms with Crippen molar-refractivity contribution in [2.24, 2.45) is 62.6 Å². The molecule has 7 rings (SSSR count). The summed E-state index contributed by atoms with van der Waals surface area (Å²) in [6.45, 7) is 23.5. The van der Waals surface area contributed by atoms with Crippen molar-refractivity contribution in [2.75, 3.05) is 0 Å². The summed E-state index contributed by atoms with van der Waals surface area (Å²) < 4.78 is 6.41. The molecule has 0 heterocycles. The number of carbonyl (C=O) groups excluding carboxylic acids is 4. The maximum Gasteiger partial charge on any atom is 0.309 e. The number of ketones is 1. The molecule has 0 radical (unpaired) electrons. The van der Waals surface area contributed by atoms with Gasteiger partial charge in [0.25, 0.3) is 5.91 Å². The molecule has 6 aliphatic carbocycles. The molecule has 0 aromatic heterocycles. The van der Waals surface area contributed by atoms with Gasteiger partial charge in [0.15, 0.2) is 5.78 Å². The molecule has 0 spiro atoms. The zero-order chi connectivity index (χ0) is 42.8. The highest BCUT2D eigenvalue weighted by Crippen LogP contribution is 2.76. The van der Waals surface area contributed by atoms with E-state index in [0.29, 0.717) is 35.3 Å². The smallest absolute Gasteiger partial charge is 0.309 e. The molecule has 10 heteroatoms. The fraction of sp³-hybridized carbons (Fsp3) is 0.729. The molecular formula is C48H67ClN2O7. The molecular weight excluding hydrogens is 752 g/mol. The van der Waals surface area contributed by atoms with Gasteiger partial charge in [0.05, 0.1) is 17.4 Å². The summed E-state index contributed by atoms with van der Waals surface area (Å²) in [6, 6.07) is 6.58. The van der Waals surface area contributed by atoms with Crippen LogP contribution in [0, 0.1) is 62.6 Å². The maximum absolute atomic E-state index is 14.4. The Hall–Kier alpha value is -3.20. The molecule has 1 aromatic rings. The highest BCUT2D eigenvalue weighted by atomic mass is 35.5. The zero-order valence-corrected chi connectivity index (χ0v) is 37.5. The van der Waals surface area contributed by atoms with E-state index in [2.05, 4.69) is 59.1 Å². The van der Waals surface area contributed by atoms with Crippen molar-refractivity contribution >= 4 is 41.1 Å². The van der Waals surface area contributed by atoms with Gasteiger partial charge in [-0.25, -0.2) is 0 Å². The van der Waals surface area contributed by atoms with Crippen molar-refractivity contribution in [2.45, 2.75) is 158 Å². The quantitative estimate of drug-likeness (QED) is 0.222. The van der Waals surface area contributed by atoms with Crippen LogP contribution in [0.25, 0.3) is 0 Å². The summed E-state index contributed by atoms with van der Waals surface area (Å²) in [5, 5.41) is 16.6. The van der Waals surface area contributed by atoms with Gasteiger partial charge in [-0.2, -0.15) is 0 Å². The van der Waals surface area contributed by atoms with Crippen LogP contribution < -0.4 is 10.6 Å². The van der Waals surface area contributed by atoms with Crippen LogP contribution in [0.1, 0.15) is 151 Å². The fourth-order valence-corrected chi connectivity index (χ4v) is 14.4. The van der Waals surface area contributed by atoms with E-state index >= 15 is 0 Å². The summed E-state index contributed by atoms with van der Waals surface area (Å²) >= 11 is 6.05. The highest BCUT2D eigenvalue weighted by Gasteiger charge is 2.71. The third-order valence-electron chi connectivity index (χ3n) is 17.9. The molecule has 1 aromatic carbocycles. The van der Waals surface area contributed by atoms with Gasteiger partial charge in [-0.3, -0.25) is 24.0 Å². The van der Waals surface area contributed by atoms with Crippen LogP contribution in [0.2, 0.25) is 5.02 Å². The van der Waals surface area contributed by atoms with Gasteiger partial charge in [0, 0.05) is 22.4 Å². The first kappa shape index (κ1) is 42.9. The van der Waals surface area contributed by atoms with Crippen molar-refractivity contribution < 1.29 is 33.8 Å². The average molecular weight is 820 g/mol. The van der Waals surface area contributed by atoms with E-state index in [4.69, 9.17) is 16.3 Å². The SMILES string of the molecule is CC(C)C1=C2[C@H]3CC[C@@H]4[C@@]5(C)CC[C@H](OC(=O)C6C[C@H](C(=O)O)C6(C)C)C(C)(C)[C@@H]5CC[C@@]4(C)[C@]3(C)CC[C@@]2(NC(=O)C(C)(C)NC(=O)c2ccc(Cl)cc2)CC1=O. The van der Waals surface area contributed by atoms with Crippen LogP contribution >= 0.6 is 11.6 Å². The van der Waals surface area contributed by atoms with Gasteiger partial charge in [-0.1, -0.05) is 73.9 Å². The highest BCUT2D eigenvalue weighted by molar-refractivity contribution is 6.30. The predicted molar refractivity (Wildman–Crippen MR) is 224 cm³/mol. The number of ether oxygens (including phenoxy) is 1. The van der Waals surface area contributed by atoms with Crippen LogP contribution in [-0.2, 0) is 23.9 Å². The van der Waals surface area contributed by atoms with Crippen LogP contribution in [0.15, 0.2) is 35.4 Å². The van der Waals surface area contributed by atoms with Gasteiger partial charge in [-0.05, 0) is 152 Å². The first-order chi connectivity index (χ1) is 26.8. The number of carbonyl (C=O) groups is 5. The Morgan fingerprint density at radius 3 is 2.09 bits per heavy atom. The molecule has 58 heavy (non-hydrogen) atoms. The second-order valence-electron chi connectivity index (χ2n) is 22.1. The second-order valence-corrected chi connectivity index (χ2v) is 22.5. The van der Waals surface area contributed by atoms with Gasteiger partial charge >= 0.3 is 11.9 Å². The minimum atomic E-state index is -1.24. The summed E-state index contributed by atoms with van der Waals surface area (Å²) in [5.74, 6) is -1.66. The third-order valence-corrected chi connectivity index (χ3v) is 18.2. The molecule has 318 valence electrons. The standard InChI is InChI=1S/C48H67ClN2O7/c1-26(2)36-32(52)25-48(51-41(57)44(7,8)50-38(53)27-12-14-28(49)15-13-27)23-22-46(10)29(37(36)48)16-17-34-45(9)20-19-35(43(5,6)33(45)18-21-47(34,46)11)58-40(56)31-24-30(39(54)55)42(31,3)4/h12-15,26,29-31,33-35H,16-25H2,1-11H3,(H,50,53)(H,51,57)(H,54,55)/t29-,30-,31?,33+,34-,35+,45+,46-,47-,48-/m1/s1. The summed E-state index contributed by atoms with van der Waals surface area (Å²) in [6.07, 6.45) is 7.65. The van der Waals surface area contributed by atoms with E-state index in [1.165, 1.54) is 0 Å². The number of aliphatic carboxylic acids is 1. The summed E-state index contributed by atoms with van der Waals surface area (Å²) in [4.78, 5) is 67.2. The van der Waals surface area contributed by atoms with Gasteiger partial charge < -0.3 is 20.5 Å². The first-order valence-corrected chi connectivity index (χ1v) is 22.3. The van der Waals surface area contributed by atoms with E-state index in [1.54, 1.807) is 38.1 Å². The number of rotatable bonds is 8. The predicted octanol–water partition coefficient (Wildman–Crippen LogP) is 9.36. The molecule has 0 aliphatic heterocycles. The van der Waals surface area contributed by atoms with Crippen LogP contribution in [0.4, 0.5) is 0 Å². The van der Waals surface area contributed by atoms with Crippen LogP contribution in [0.3, 0.4) is 0 Å². The number of hydrogen-bond donors (Lipinski definition) is 3. The Labute approximate surface area is 350 Å². The molecule has 6 aliphatic rings. The van der Waals surface area contributed by atoms with Gasteiger partial charge in [-0.15, -0.1) is 0 Å². The fourth-order valence-electron chi connectivity index (χ4n) is 14.3. The normalized spacial score (nSPS) is 38.7. The number of carboxylic acid groups (broad SMARTS) is 1. The number of amides is 2. The average Bonchev–Trinajstić information content (AvgIpc) is 3.41. The monoisotopic (exact) mass is 818 g/mol. The number of hydrogen-bond acceptors (Lipinski definition) is 6. The molecule has 5 fully saturated rings. The zero-order valence-electron chi connectivity index (χ0n) is 36.7. The van der Waals surface area contributed by atoms with E-state index in [9.17, 15) is 29.1 Å². The lowest BCUT2D eigenvalue weighted by atomic mass is 9.33. The topological polar surface area (TPSA) is 139 Å². The van der Waals surface area contributed by atoms with Gasteiger partial charge in [0.1, 0.15) is 11.6 Å². The number of fused-ring (bicyclic) bond motifs is 7. The summed E-state index contributed by atoms with van der Waals surface area (Å²) in [7, 11) is 0. The number of halogens is 1. The number of esters is 1. The molecule has 0 saturated heterocycles. The van der Waals surface area contributed by atoms with E-state index < -0.39 is 34.3 Å². The second kappa shape index (κ2) is 13.9. The van der Waals surface area contributed by atoms with E-state index in [1.807, 2.05) is 13.8 Å². The van der Waals surface area contributed by atoms with Crippen molar-refractivity contribution in [3.05, 3.63) is 46.0 Å². The lowest BCUT2D eigenvalue weighted by Crippen LogP contribution is -2.68. The van der Waals surface area contributed by atoms with Crippen molar-refractivity contribution in [3.8, 4) is 0 Å². The Morgan fingerprint density at radius 2 is 1.48 bits per heavy atom. The Kier molecular flexibility index (Phi) is 10.3. The number of nitrogens with one attached hydrogen (secondary N) is 2. The molecule has 3 N–H and O–H groups in total. The van der Waals surface area contributed by atoms with Crippen molar-refractivity contribution in [1.29, 1.82) is 0 Å². The number of allylic oxidation sites excluding steroid dienone is 1. The van der Waals surface area contributed by atoms with Gasteiger partial charge in [0.2, 0.25) is 5.91 Å². The lowest BCUT2D eigenvalue weighted by Gasteiger charge is -2.72. The Morgan fingerprint density at radius 1 is 0.828 bits per heavy atom.